The second kappa shape index (κ2) is 10.8. The van der Waals surface area contributed by atoms with Gasteiger partial charge in [0.05, 0.1) is 6.26 Å². The van der Waals surface area contributed by atoms with Crippen molar-refractivity contribution in [1.82, 2.24) is 10.9 Å². The summed E-state index contributed by atoms with van der Waals surface area (Å²) >= 11 is 6.20. The molecule has 2 aromatic rings. The average molecular weight is 441 g/mol. The molecule has 2 amide bonds. The molecule has 7 nitrogen and oxygen atoms in total. The molecular weight excluding hydrogens is 416 g/mol. The number of halogens is 1. The molecule has 0 aliphatic carbocycles. The van der Waals surface area contributed by atoms with Gasteiger partial charge < -0.3 is 16.2 Å². The summed E-state index contributed by atoms with van der Waals surface area (Å²) < 4.78 is 5.22. The lowest BCUT2D eigenvalue weighted by atomic mass is 9.94. The van der Waals surface area contributed by atoms with Crippen LogP contribution in [0.1, 0.15) is 16.7 Å². The molecule has 8 heteroatoms. The summed E-state index contributed by atoms with van der Waals surface area (Å²) in [5.74, 6) is -1.10. The quantitative estimate of drug-likeness (QED) is 0.420. The van der Waals surface area contributed by atoms with E-state index in [4.69, 9.17) is 27.8 Å². The van der Waals surface area contributed by atoms with Gasteiger partial charge in [-0.2, -0.15) is 0 Å². The minimum absolute atomic E-state index is 0.289. The molecule has 0 spiro atoms. The Morgan fingerprint density at radius 3 is 2.29 bits per heavy atom. The molecule has 0 aromatic heterocycles. The van der Waals surface area contributed by atoms with E-state index in [-0.39, 0.29) is 6.42 Å². The van der Waals surface area contributed by atoms with Gasteiger partial charge in [0.25, 0.3) is 0 Å². The zero-order valence-corrected chi connectivity index (χ0v) is 17.6. The van der Waals surface area contributed by atoms with Gasteiger partial charge in [0.1, 0.15) is 18.7 Å². The van der Waals surface area contributed by atoms with Crippen molar-refractivity contribution < 1.29 is 14.3 Å². The first-order valence-electron chi connectivity index (χ1n) is 9.84. The third-order valence-electron chi connectivity index (χ3n) is 4.95. The van der Waals surface area contributed by atoms with Crippen LogP contribution in [0.25, 0.3) is 5.57 Å². The summed E-state index contributed by atoms with van der Waals surface area (Å²) in [4.78, 5) is 24.0. The molecule has 3 rings (SSSR count). The van der Waals surface area contributed by atoms with Crippen LogP contribution >= 0.6 is 11.6 Å². The van der Waals surface area contributed by atoms with Crippen LogP contribution in [0.4, 0.5) is 0 Å². The van der Waals surface area contributed by atoms with E-state index in [9.17, 15) is 9.59 Å². The van der Waals surface area contributed by atoms with Crippen molar-refractivity contribution in [3.63, 3.8) is 0 Å². The third-order valence-corrected chi connectivity index (χ3v) is 5.19. The number of amides is 2. The van der Waals surface area contributed by atoms with Gasteiger partial charge in [0, 0.05) is 5.02 Å². The van der Waals surface area contributed by atoms with Crippen LogP contribution in [0.3, 0.4) is 0 Å². The number of nitrogens with two attached hydrogens (primary N) is 2. The Kier molecular flexibility index (Phi) is 7.83. The molecule has 162 valence electrons. The van der Waals surface area contributed by atoms with Gasteiger partial charge in [-0.15, -0.1) is 0 Å². The normalized spacial score (nSPS) is 14.9. The number of primary amides is 2. The van der Waals surface area contributed by atoms with Gasteiger partial charge in [-0.3, -0.25) is 9.59 Å². The zero-order chi connectivity index (χ0) is 22.2. The van der Waals surface area contributed by atoms with E-state index in [0.717, 1.165) is 22.3 Å². The van der Waals surface area contributed by atoms with E-state index in [0.29, 0.717) is 18.1 Å². The molecule has 0 fully saturated rings. The first-order valence-corrected chi connectivity index (χ1v) is 10.2. The molecule has 0 bridgehead atoms. The van der Waals surface area contributed by atoms with Crippen molar-refractivity contribution in [2.75, 3.05) is 6.61 Å². The molecule has 0 unspecified atom stereocenters. The number of hydrogen-bond acceptors (Lipinski definition) is 5. The number of rotatable bonds is 10. The highest BCUT2D eigenvalue weighted by Crippen LogP contribution is 2.27. The maximum absolute atomic E-state index is 12.1. The van der Waals surface area contributed by atoms with Gasteiger partial charge in [-0.1, -0.05) is 48.0 Å². The minimum Gasteiger partial charge on any atom is -0.497 e. The summed E-state index contributed by atoms with van der Waals surface area (Å²) in [7, 11) is 0. The van der Waals surface area contributed by atoms with E-state index in [1.165, 1.54) is 0 Å². The van der Waals surface area contributed by atoms with E-state index >= 15 is 0 Å². The molecule has 2 aromatic carbocycles. The Balaban J connectivity index is 1.74. The van der Waals surface area contributed by atoms with Crippen molar-refractivity contribution in [3.05, 3.63) is 88.7 Å². The lowest BCUT2D eigenvalue weighted by molar-refractivity contribution is -0.122. The molecule has 6 N–H and O–H groups in total. The van der Waals surface area contributed by atoms with Crippen LogP contribution in [0.5, 0.6) is 0 Å². The highest BCUT2D eigenvalue weighted by Gasteiger charge is 2.22. The lowest BCUT2D eigenvalue weighted by Gasteiger charge is -2.22. The molecule has 31 heavy (non-hydrogen) atoms. The predicted octanol–water partition coefficient (Wildman–Crippen LogP) is 1.85. The van der Waals surface area contributed by atoms with E-state index in [1.807, 2.05) is 54.6 Å². The fourth-order valence-corrected chi connectivity index (χ4v) is 3.47. The van der Waals surface area contributed by atoms with Crippen molar-refractivity contribution in [2.45, 2.75) is 24.9 Å². The second-order valence-electron chi connectivity index (χ2n) is 7.19. The van der Waals surface area contributed by atoms with Gasteiger partial charge in [-0.05, 0) is 59.4 Å². The highest BCUT2D eigenvalue weighted by atomic mass is 35.5. The molecule has 1 heterocycles. The Labute approximate surface area is 186 Å². The standard InChI is InChI=1S/C23H25ClN4O3/c24-18-7-6-17(19(14-18)16-8-10-31-11-9-16)13-21(23(26)30)28-27-20(22(25)29)12-15-4-2-1-3-5-15/h1-10,14,20-21,27-28H,11-13H2,(H2,25,29)(H2,26,30)/t20-,21+/m1/s1. The lowest BCUT2D eigenvalue weighted by Crippen LogP contribution is -2.56. The van der Waals surface area contributed by atoms with Gasteiger partial charge in [0.2, 0.25) is 11.8 Å². The smallest absolute Gasteiger partial charge is 0.236 e. The van der Waals surface area contributed by atoms with E-state index in [2.05, 4.69) is 10.9 Å². The molecular formula is C23H25ClN4O3. The largest absolute Gasteiger partial charge is 0.497 e. The summed E-state index contributed by atoms with van der Waals surface area (Å²) in [6.07, 6.45) is 6.05. The van der Waals surface area contributed by atoms with Crippen LogP contribution in [-0.2, 0) is 27.2 Å². The Hall–Kier alpha value is -3.13. The number of ether oxygens (including phenoxy) is 1. The number of allylic oxidation sites excluding steroid dienone is 2. The van der Waals surface area contributed by atoms with Crippen LogP contribution < -0.4 is 22.3 Å². The van der Waals surface area contributed by atoms with Crippen LogP contribution in [-0.4, -0.2) is 30.5 Å². The van der Waals surface area contributed by atoms with Crippen molar-refractivity contribution >= 4 is 29.0 Å². The number of hydrogen-bond donors (Lipinski definition) is 4. The van der Waals surface area contributed by atoms with Crippen molar-refractivity contribution in [2.24, 2.45) is 11.5 Å². The van der Waals surface area contributed by atoms with Gasteiger partial charge in [-0.25, -0.2) is 10.9 Å². The molecule has 1 aliphatic rings. The Morgan fingerprint density at radius 1 is 1.00 bits per heavy atom. The Bertz CT molecular complexity index is 992. The number of carbonyl (C=O) groups is 2. The highest BCUT2D eigenvalue weighted by molar-refractivity contribution is 6.30. The summed E-state index contributed by atoms with van der Waals surface area (Å²) in [6, 6.07) is 13.4. The minimum atomic E-state index is -0.776. The maximum atomic E-state index is 12.1. The second-order valence-corrected chi connectivity index (χ2v) is 7.63. The SMILES string of the molecule is NC(=O)[C@H](Cc1ccc(Cl)cc1C1=CCOC=C1)NN[C@H](Cc1ccccc1)C(N)=O. The van der Waals surface area contributed by atoms with Crippen LogP contribution in [0.2, 0.25) is 5.02 Å². The molecule has 0 saturated heterocycles. The maximum Gasteiger partial charge on any atom is 0.236 e. The number of carbonyl (C=O) groups excluding carboxylic acids is 2. The number of hydrazine groups is 1. The molecule has 0 radical (unpaired) electrons. The predicted molar refractivity (Wildman–Crippen MR) is 121 cm³/mol. The Morgan fingerprint density at radius 2 is 1.68 bits per heavy atom. The number of nitrogens with one attached hydrogen (secondary N) is 2. The monoisotopic (exact) mass is 440 g/mol. The third kappa shape index (κ3) is 6.42. The van der Waals surface area contributed by atoms with Gasteiger partial charge in [0.15, 0.2) is 0 Å². The summed E-state index contributed by atoms with van der Waals surface area (Å²) in [6.45, 7) is 0.455. The first kappa shape index (κ1) is 22.6. The molecule has 0 saturated carbocycles. The van der Waals surface area contributed by atoms with E-state index < -0.39 is 23.9 Å². The van der Waals surface area contributed by atoms with Crippen LogP contribution in [0.15, 0.2) is 66.9 Å². The molecule has 1 aliphatic heterocycles. The van der Waals surface area contributed by atoms with Crippen LogP contribution in [0, 0.1) is 0 Å². The fraction of sp³-hybridized carbons (Fsp3) is 0.217. The summed E-state index contributed by atoms with van der Waals surface area (Å²) in [5.41, 5.74) is 20.6. The van der Waals surface area contributed by atoms with Crippen molar-refractivity contribution in [3.8, 4) is 0 Å². The van der Waals surface area contributed by atoms with E-state index in [1.54, 1.807) is 12.3 Å². The van der Waals surface area contributed by atoms with Crippen molar-refractivity contribution in [1.29, 1.82) is 0 Å². The van der Waals surface area contributed by atoms with Gasteiger partial charge >= 0.3 is 0 Å². The topological polar surface area (TPSA) is 119 Å². The fourth-order valence-electron chi connectivity index (χ4n) is 3.29. The molecule has 2 atom stereocenters. The first-order chi connectivity index (χ1) is 14.9. The zero-order valence-electron chi connectivity index (χ0n) is 16.9. The summed E-state index contributed by atoms with van der Waals surface area (Å²) in [5, 5.41) is 0.581. The average Bonchev–Trinajstić information content (AvgIpc) is 2.77. The number of benzene rings is 2.